The second-order valence-corrected chi connectivity index (χ2v) is 9.63. The third-order valence-corrected chi connectivity index (χ3v) is 1.56. The van der Waals surface area contributed by atoms with E-state index in [-0.39, 0.29) is 0 Å². The third kappa shape index (κ3) is 5.28. The number of thiol groups is 1. The van der Waals surface area contributed by atoms with Gasteiger partial charge in [0.05, 0.1) is 0 Å². The Bertz CT molecular complexity index is 41.3. The number of hydrazine groups is 1. The second kappa shape index (κ2) is 2.55. The number of nitrogens with one attached hydrogen (secondary N) is 1. The van der Waals surface area contributed by atoms with Crippen molar-refractivity contribution in [3.05, 3.63) is 0 Å². The summed E-state index contributed by atoms with van der Waals surface area (Å²) in [4.78, 5) is 0. The first-order chi connectivity index (χ1) is 2.56. The first-order valence-corrected chi connectivity index (χ1v) is 6.45. The fraction of sp³-hybridized carbons (Fsp3) is 0. The molecule has 0 fully saturated rings. The van der Waals surface area contributed by atoms with Gasteiger partial charge in [0.25, 0.3) is 0 Å². The molecule has 6 heteroatoms. The fourth-order valence-corrected chi connectivity index (χ4v) is 0. The molecule has 40 valence electrons. The molecule has 0 aromatic heterocycles. The molecule has 0 aliphatic rings. The normalized spacial score (nSPS) is 14.7. The molecular weight excluding hydrogens is 162 g/mol. The van der Waals surface area contributed by atoms with Crippen LogP contribution in [0.4, 0.5) is 0 Å². The predicted molar refractivity (Wildman–Crippen MR) is 36.3 cm³/mol. The van der Waals surface area contributed by atoms with Gasteiger partial charge in [-0.1, -0.05) is 0 Å². The van der Waals surface area contributed by atoms with Crippen molar-refractivity contribution in [3.63, 3.8) is 0 Å². The minimum atomic E-state index is -2.46. The van der Waals surface area contributed by atoms with E-state index in [0.29, 0.717) is 0 Å². The molecule has 0 aliphatic carbocycles. The number of hydrogen-bond donors (Lipinski definition) is 3. The van der Waals surface area contributed by atoms with Crippen LogP contribution in [0.3, 0.4) is 0 Å². The first-order valence-electron chi connectivity index (χ1n) is 1.14. The molecule has 0 rings (SSSR count). The van der Waals surface area contributed by atoms with Crippen molar-refractivity contribution in [2.75, 3.05) is 0 Å². The van der Waals surface area contributed by atoms with Crippen LogP contribution in [-0.4, -0.2) is 0 Å². The van der Waals surface area contributed by atoms with E-state index in [1.165, 1.54) is 0 Å². The third-order valence-electron chi connectivity index (χ3n) is 0.174. The van der Waals surface area contributed by atoms with Gasteiger partial charge in [0, 0.05) is 0 Å². The molecule has 0 aliphatic heterocycles. The van der Waals surface area contributed by atoms with Gasteiger partial charge in [-0.15, -0.1) is 0 Å². The summed E-state index contributed by atoms with van der Waals surface area (Å²) < 4.78 is 0. The van der Waals surface area contributed by atoms with E-state index >= 15 is 0 Å². The van der Waals surface area contributed by atoms with Crippen LogP contribution in [0.1, 0.15) is 0 Å². The number of nitrogens with two attached hydrogens (primary N) is 1. The van der Waals surface area contributed by atoms with Gasteiger partial charge < -0.3 is 0 Å². The van der Waals surface area contributed by atoms with E-state index in [9.17, 15) is 0 Å². The van der Waals surface area contributed by atoms with E-state index in [1.807, 2.05) is 0 Å². The van der Waals surface area contributed by atoms with Crippen molar-refractivity contribution in [2.24, 2.45) is 5.84 Å². The zero-order valence-corrected chi connectivity index (χ0v) is 6.19. The number of rotatable bonds is 1. The second-order valence-electron chi connectivity index (χ2n) is 0.686. The van der Waals surface area contributed by atoms with Gasteiger partial charge in [-0.05, 0) is 0 Å². The van der Waals surface area contributed by atoms with Gasteiger partial charge in [-0.3, -0.25) is 0 Å². The van der Waals surface area contributed by atoms with Crippen LogP contribution in [0.15, 0.2) is 0 Å². The molecule has 2 nitrogen and oxygen atoms in total. The quantitative estimate of drug-likeness (QED) is 0.238. The monoisotopic (exact) mass is 166 g/mol. The van der Waals surface area contributed by atoms with Crippen LogP contribution in [0.5, 0.6) is 0 Å². The van der Waals surface area contributed by atoms with Crippen LogP contribution in [0, 0.1) is 0 Å². The molecule has 0 spiro atoms. The van der Waals surface area contributed by atoms with Crippen molar-refractivity contribution < 1.29 is 0 Å². The molecule has 0 radical (unpaired) electrons. The molecular formula is H5Cl2N2PS. The van der Waals surface area contributed by atoms with Gasteiger partial charge >= 0.3 is 51.1 Å². The van der Waals surface area contributed by atoms with Crippen molar-refractivity contribution in [1.29, 1.82) is 0 Å². The van der Waals surface area contributed by atoms with E-state index < -0.39 is 5.32 Å². The zero-order valence-electron chi connectivity index (χ0n) is 2.78. The van der Waals surface area contributed by atoms with Crippen LogP contribution in [0.2, 0.25) is 0 Å². The first kappa shape index (κ1) is 7.28. The Hall–Kier alpha value is 1.28. The van der Waals surface area contributed by atoms with Gasteiger partial charge in [-0.25, -0.2) is 0 Å². The maximum atomic E-state index is 5.25. The standard InChI is InChI=1S/Cl2H5N2PS/c1-5(2,6)4-3/h4-6H,3H2. The summed E-state index contributed by atoms with van der Waals surface area (Å²) in [7, 11) is 0. The SMILES string of the molecule is NN[PH](S)(Cl)Cl. The summed E-state index contributed by atoms with van der Waals surface area (Å²) in [5.74, 6) is 4.78. The molecule has 0 bridgehead atoms. The Balaban J connectivity index is 3.17. The summed E-state index contributed by atoms with van der Waals surface area (Å²) in [6.45, 7) is 0. The molecule has 6 heavy (non-hydrogen) atoms. The van der Waals surface area contributed by atoms with E-state index in [0.717, 1.165) is 0 Å². The molecule has 0 saturated heterocycles. The molecule has 0 aromatic carbocycles. The molecule has 0 amide bonds. The topological polar surface area (TPSA) is 38.0 Å². The Morgan fingerprint density at radius 3 is 1.83 bits per heavy atom. The summed E-state index contributed by atoms with van der Waals surface area (Å²) in [5, 5.41) is -0.326. The molecule has 0 unspecified atom stereocenters. The summed E-state index contributed by atoms with van der Waals surface area (Å²) in [6, 6.07) is 0. The maximum absolute atomic E-state index is 5.25. The van der Waals surface area contributed by atoms with Crippen molar-refractivity contribution in [3.8, 4) is 0 Å². The van der Waals surface area contributed by atoms with Gasteiger partial charge in [0.15, 0.2) is 0 Å². The number of halogens is 2. The van der Waals surface area contributed by atoms with Crippen LogP contribution in [0.25, 0.3) is 0 Å². The summed E-state index contributed by atoms with van der Waals surface area (Å²) in [6.07, 6.45) is 0. The van der Waals surface area contributed by atoms with Crippen molar-refractivity contribution >= 4 is 40.1 Å². The van der Waals surface area contributed by atoms with Gasteiger partial charge in [0.1, 0.15) is 0 Å². The van der Waals surface area contributed by atoms with Gasteiger partial charge in [-0.2, -0.15) is 0 Å². The average molecular weight is 167 g/mol. The molecule has 0 atom stereocenters. The predicted octanol–water partition coefficient (Wildman–Crippen LogP) is 1.27. The number of hydrogen-bond acceptors (Lipinski definition) is 3. The van der Waals surface area contributed by atoms with Gasteiger partial charge in [0.2, 0.25) is 0 Å². The van der Waals surface area contributed by atoms with E-state index in [4.69, 9.17) is 28.3 Å². The van der Waals surface area contributed by atoms with Crippen LogP contribution >= 0.6 is 40.1 Å². The van der Waals surface area contributed by atoms with E-state index in [2.05, 4.69) is 17.4 Å². The Kier molecular flexibility index (Phi) is 3.10. The van der Waals surface area contributed by atoms with E-state index in [1.54, 1.807) is 0 Å². The van der Waals surface area contributed by atoms with Crippen molar-refractivity contribution in [1.82, 2.24) is 5.20 Å². The van der Waals surface area contributed by atoms with Crippen LogP contribution < -0.4 is 11.0 Å². The fourth-order valence-electron chi connectivity index (χ4n) is 0. The minimum absolute atomic E-state index is 2.14. The Morgan fingerprint density at radius 1 is 1.67 bits per heavy atom. The van der Waals surface area contributed by atoms with Crippen LogP contribution in [-0.2, 0) is 0 Å². The zero-order chi connectivity index (χ0) is 5.21. The summed E-state index contributed by atoms with van der Waals surface area (Å²) >= 11 is 14.2. The summed E-state index contributed by atoms with van der Waals surface area (Å²) in [5.41, 5.74) is 0. The molecule has 0 aromatic rings. The average Bonchev–Trinajstić information content (AvgIpc) is 1.35. The Morgan fingerprint density at radius 2 is 1.83 bits per heavy atom. The molecule has 0 heterocycles. The molecule has 0 saturated carbocycles. The Labute approximate surface area is 51.5 Å². The van der Waals surface area contributed by atoms with Crippen molar-refractivity contribution in [2.45, 2.75) is 0 Å². The molecule has 3 N–H and O–H groups in total.